The van der Waals surface area contributed by atoms with Crippen molar-refractivity contribution in [2.24, 2.45) is 5.41 Å². The Morgan fingerprint density at radius 1 is 1.50 bits per heavy atom. The topological polar surface area (TPSA) is 38.3 Å². The first-order valence-electron chi connectivity index (χ1n) is 6.10. The quantitative estimate of drug-likeness (QED) is 0.868. The molecular formula is C14H18BrNO2. The van der Waals surface area contributed by atoms with Crippen molar-refractivity contribution in [3.63, 3.8) is 0 Å². The van der Waals surface area contributed by atoms with Gasteiger partial charge < -0.3 is 10.1 Å². The summed E-state index contributed by atoms with van der Waals surface area (Å²) in [6.45, 7) is 4.85. The van der Waals surface area contributed by atoms with E-state index < -0.39 is 0 Å². The Hall–Kier alpha value is -1.03. The summed E-state index contributed by atoms with van der Waals surface area (Å²) in [6, 6.07) is 7.81. The van der Waals surface area contributed by atoms with Crippen LogP contribution < -0.4 is 10.1 Å². The molecule has 0 bridgehead atoms. The molecule has 0 radical (unpaired) electrons. The fourth-order valence-corrected chi connectivity index (χ4v) is 2.01. The molecule has 18 heavy (non-hydrogen) atoms. The highest BCUT2D eigenvalue weighted by molar-refractivity contribution is 9.09. The van der Waals surface area contributed by atoms with Gasteiger partial charge >= 0.3 is 0 Å². The lowest BCUT2D eigenvalue weighted by atomic mass is 9.96. The largest absolute Gasteiger partial charge is 0.480 e. The van der Waals surface area contributed by atoms with Crippen molar-refractivity contribution in [2.75, 3.05) is 11.9 Å². The Kier molecular flexibility index (Phi) is 3.95. The molecule has 1 aliphatic heterocycles. The number of para-hydroxylation sites is 1. The van der Waals surface area contributed by atoms with Crippen LogP contribution in [0.4, 0.5) is 0 Å². The zero-order valence-electron chi connectivity index (χ0n) is 10.7. The van der Waals surface area contributed by atoms with Gasteiger partial charge in [-0.1, -0.05) is 48.0 Å². The van der Waals surface area contributed by atoms with Crippen LogP contribution in [0.15, 0.2) is 24.3 Å². The number of alkyl halides is 1. The summed E-state index contributed by atoms with van der Waals surface area (Å²) >= 11 is 3.45. The summed E-state index contributed by atoms with van der Waals surface area (Å²) in [5.74, 6) is 0.803. The number of hydrogen-bond acceptors (Lipinski definition) is 2. The van der Waals surface area contributed by atoms with Crippen molar-refractivity contribution in [3.8, 4) is 5.75 Å². The summed E-state index contributed by atoms with van der Waals surface area (Å²) in [5.41, 5.74) is 1.17. The van der Waals surface area contributed by atoms with E-state index in [4.69, 9.17) is 4.74 Å². The van der Waals surface area contributed by atoms with Crippen molar-refractivity contribution in [1.29, 1.82) is 0 Å². The maximum Gasteiger partial charge on any atom is 0.261 e. The highest BCUT2D eigenvalue weighted by Crippen LogP contribution is 2.28. The van der Waals surface area contributed by atoms with Crippen molar-refractivity contribution in [3.05, 3.63) is 29.8 Å². The van der Waals surface area contributed by atoms with Gasteiger partial charge in [-0.05, 0) is 17.0 Å². The molecule has 0 saturated heterocycles. The van der Waals surface area contributed by atoms with Crippen molar-refractivity contribution in [2.45, 2.75) is 26.4 Å². The molecule has 1 amide bonds. The van der Waals surface area contributed by atoms with Gasteiger partial charge in [0.05, 0.1) is 0 Å². The van der Waals surface area contributed by atoms with Crippen LogP contribution in [-0.4, -0.2) is 23.9 Å². The molecule has 1 aromatic carbocycles. The maximum atomic E-state index is 12.0. The molecule has 2 rings (SSSR count). The van der Waals surface area contributed by atoms with Gasteiger partial charge in [-0.3, -0.25) is 4.79 Å². The van der Waals surface area contributed by atoms with Gasteiger partial charge in [0.25, 0.3) is 5.91 Å². The predicted octanol–water partition coefficient (Wildman–Crippen LogP) is 2.53. The zero-order valence-corrected chi connectivity index (χ0v) is 12.3. The van der Waals surface area contributed by atoms with E-state index in [-0.39, 0.29) is 17.4 Å². The lowest BCUT2D eigenvalue weighted by Crippen LogP contribution is -2.42. The standard InChI is InChI=1S/C14H18BrNO2/c1-14(2,8-15)9-16-13(17)12-7-10-5-3-4-6-11(10)18-12/h3-6,12H,7-9H2,1-2H3,(H,16,17). The van der Waals surface area contributed by atoms with Gasteiger partial charge in [0.15, 0.2) is 6.10 Å². The number of nitrogens with one attached hydrogen (secondary N) is 1. The SMILES string of the molecule is CC(C)(CBr)CNC(=O)C1Cc2ccccc2O1. The lowest BCUT2D eigenvalue weighted by Gasteiger charge is -2.22. The minimum atomic E-state index is -0.381. The average Bonchev–Trinajstić information content (AvgIpc) is 2.80. The molecule has 1 unspecified atom stereocenters. The molecule has 1 N–H and O–H groups in total. The first-order valence-corrected chi connectivity index (χ1v) is 7.22. The number of benzene rings is 1. The molecule has 0 aliphatic carbocycles. The monoisotopic (exact) mass is 311 g/mol. The van der Waals surface area contributed by atoms with E-state index in [0.717, 1.165) is 16.6 Å². The second-order valence-electron chi connectivity index (χ2n) is 5.43. The van der Waals surface area contributed by atoms with E-state index in [2.05, 4.69) is 35.1 Å². The number of carbonyl (C=O) groups excluding carboxylic acids is 1. The first-order chi connectivity index (χ1) is 8.52. The molecule has 0 aromatic heterocycles. The van der Waals surface area contributed by atoms with Crippen LogP contribution in [0.2, 0.25) is 0 Å². The van der Waals surface area contributed by atoms with Gasteiger partial charge in [-0.2, -0.15) is 0 Å². The number of amides is 1. The van der Waals surface area contributed by atoms with E-state index >= 15 is 0 Å². The van der Waals surface area contributed by atoms with Gasteiger partial charge in [0, 0.05) is 18.3 Å². The lowest BCUT2D eigenvalue weighted by molar-refractivity contribution is -0.127. The summed E-state index contributed by atoms with van der Waals surface area (Å²) in [7, 11) is 0. The predicted molar refractivity (Wildman–Crippen MR) is 75.1 cm³/mol. The van der Waals surface area contributed by atoms with Gasteiger partial charge in [-0.25, -0.2) is 0 Å². The average molecular weight is 312 g/mol. The molecule has 3 nitrogen and oxygen atoms in total. The van der Waals surface area contributed by atoms with Gasteiger partial charge in [-0.15, -0.1) is 0 Å². The normalized spacial score (nSPS) is 18.1. The number of fused-ring (bicyclic) bond motifs is 1. The summed E-state index contributed by atoms with van der Waals surface area (Å²) in [5, 5.41) is 3.81. The molecule has 98 valence electrons. The van der Waals surface area contributed by atoms with Crippen LogP contribution in [0.1, 0.15) is 19.4 Å². The Morgan fingerprint density at radius 2 is 2.22 bits per heavy atom. The third-order valence-electron chi connectivity index (χ3n) is 3.04. The summed E-state index contributed by atoms with van der Waals surface area (Å²) in [6.07, 6.45) is 0.282. The number of hydrogen-bond donors (Lipinski definition) is 1. The van der Waals surface area contributed by atoms with E-state index in [1.165, 1.54) is 0 Å². The van der Waals surface area contributed by atoms with E-state index in [0.29, 0.717) is 13.0 Å². The number of halogens is 1. The fraction of sp³-hybridized carbons (Fsp3) is 0.500. The number of carbonyl (C=O) groups is 1. The first kappa shape index (κ1) is 13.4. The molecule has 0 fully saturated rings. The Morgan fingerprint density at radius 3 is 2.89 bits per heavy atom. The number of rotatable bonds is 4. The van der Waals surface area contributed by atoms with E-state index in [1.807, 2.05) is 24.3 Å². The summed E-state index contributed by atoms with van der Waals surface area (Å²) < 4.78 is 5.64. The fourth-order valence-electron chi connectivity index (χ4n) is 1.82. The molecule has 4 heteroatoms. The van der Waals surface area contributed by atoms with Crippen molar-refractivity contribution < 1.29 is 9.53 Å². The smallest absolute Gasteiger partial charge is 0.261 e. The highest BCUT2D eigenvalue weighted by atomic mass is 79.9. The molecule has 1 aromatic rings. The third-order valence-corrected chi connectivity index (χ3v) is 4.56. The van der Waals surface area contributed by atoms with Crippen molar-refractivity contribution in [1.82, 2.24) is 5.32 Å². The third kappa shape index (κ3) is 3.05. The minimum Gasteiger partial charge on any atom is -0.480 e. The minimum absolute atomic E-state index is 0.0276. The molecule has 1 aliphatic rings. The molecular weight excluding hydrogens is 294 g/mol. The second-order valence-corrected chi connectivity index (χ2v) is 5.99. The second kappa shape index (κ2) is 5.31. The Bertz CT molecular complexity index is 420. The zero-order chi connectivity index (χ0) is 13.2. The maximum absolute atomic E-state index is 12.0. The summed E-state index contributed by atoms with van der Waals surface area (Å²) in [4.78, 5) is 12.0. The van der Waals surface area contributed by atoms with Crippen LogP contribution in [0.5, 0.6) is 5.75 Å². The molecule has 0 saturated carbocycles. The Balaban J connectivity index is 1.90. The van der Waals surface area contributed by atoms with Crippen LogP contribution >= 0.6 is 15.9 Å². The van der Waals surface area contributed by atoms with Gasteiger partial charge in [0.1, 0.15) is 5.75 Å². The number of ether oxygens (including phenoxy) is 1. The van der Waals surface area contributed by atoms with Crippen LogP contribution in [0.3, 0.4) is 0 Å². The van der Waals surface area contributed by atoms with Crippen molar-refractivity contribution >= 4 is 21.8 Å². The van der Waals surface area contributed by atoms with Crippen LogP contribution in [0.25, 0.3) is 0 Å². The van der Waals surface area contributed by atoms with E-state index in [9.17, 15) is 4.79 Å². The molecule has 0 spiro atoms. The van der Waals surface area contributed by atoms with E-state index in [1.54, 1.807) is 0 Å². The highest BCUT2D eigenvalue weighted by Gasteiger charge is 2.29. The van der Waals surface area contributed by atoms with Crippen LogP contribution in [0, 0.1) is 5.41 Å². The van der Waals surface area contributed by atoms with Crippen LogP contribution in [-0.2, 0) is 11.2 Å². The molecule has 1 atom stereocenters. The van der Waals surface area contributed by atoms with Gasteiger partial charge in [0.2, 0.25) is 0 Å². The Labute approximate surface area is 116 Å². The molecule has 1 heterocycles.